The molecule has 7 rings (SSSR count). The first-order valence-electron chi connectivity index (χ1n) is 16.0. The minimum atomic E-state index is -1.92. The van der Waals surface area contributed by atoms with E-state index in [1.165, 1.54) is 37.3 Å². The summed E-state index contributed by atoms with van der Waals surface area (Å²) in [6.45, 7) is 0.864. The summed E-state index contributed by atoms with van der Waals surface area (Å²) in [5.74, 6) is -2.61. The van der Waals surface area contributed by atoms with E-state index in [0.717, 1.165) is 12.1 Å². The second-order valence-electron chi connectivity index (χ2n) is 12.7. The van der Waals surface area contributed by atoms with Crippen molar-refractivity contribution >= 4 is 21.9 Å². The minimum absolute atomic E-state index is 0.0205. The lowest BCUT2D eigenvalue weighted by Crippen LogP contribution is -2.61. The standard InChI is InChI=1S/C35H34O17/c1-12-25(40)28(43)30(45)34(48-12)47-11-23-27(42)29(44)31(46)35(51-23)52-33-17-10-20(13-2-4-15(36)5-3-13)49-21-8-16(37)9-22(24(17)21)50-32(33)14-6-18(38)26(41)19(39)7-14/h2-10,12,23,25,27-31,34-36,38-46H,11H2,1H3/p+1/t12-,23+,25-,27+,28+,29-,30+,31+,34+,35-/m0/s1. The van der Waals surface area contributed by atoms with Crippen molar-refractivity contribution in [3.63, 3.8) is 0 Å². The Morgan fingerprint density at radius 3 is 1.96 bits per heavy atom. The quantitative estimate of drug-likeness (QED) is 0.0800. The fraction of sp³-hybridized carbons (Fsp3) is 0.343. The van der Waals surface area contributed by atoms with E-state index in [1.807, 2.05) is 0 Å². The van der Waals surface area contributed by atoms with Crippen LogP contribution in [0.4, 0.5) is 0 Å². The summed E-state index contributed by atoms with van der Waals surface area (Å²) >= 11 is 0. The van der Waals surface area contributed by atoms with Crippen molar-refractivity contribution in [1.29, 1.82) is 0 Å². The van der Waals surface area contributed by atoms with Crippen LogP contribution in [0.15, 0.2) is 63.4 Å². The van der Waals surface area contributed by atoms with E-state index >= 15 is 0 Å². The third kappa shape index (κ3) is 6.27. The number of phenolic OH excluding ortho intramolecular Hbond substituents is 4. The van der Waals surface area contributed by atoms with Crippen molar-refractivity contribution in [1.82, 2.24) is 0 Å². The first kappa shape index (κ1) is 35.5. The number of ether oxygens (including phenoxy) is 4. The molecular formula is C35H35O17+. The smallest absolute Gasteiger partial charge is 0.347 e. The van der Waals surface area contributed by atoms with E-state index in [0.29, 0.717) is 5.56 Å². The number of aliphatic hydroxyl groups is 6. The van der Waals surface area contributed by atoms with Gasteiger partial charge in [0.15, 0.2) is 35.0 Å². The number of hydrogen-bond acceptors (Lipinski definition) is 16. The van der Waals surface area contributed by atoms with Gasteiger partial charge in [-0.25, -0.2) is 0 Å². The average molecular weight is 728 g/mol. The lowest BCUT2D eigenvalue weighted by atomic mass is 9.98. The maximum atomic E-state index is 11.1. The Bertz CT molecular complexity index is 2140. The number of aromatic hydroxyl groups is 4. The Hall–Kier alpha value is -4.95. The molecule has 4 heterocycles. The van der Waals surface area contributed by atoms with Crippen LogP contribution in [-0.4, -0.2) is 124 Å². The summed E-state index contributed by atoms with van der Waals surface area (Å²) in [4.78, 5) is 10.6. The molecule has 3 aromatic carbocycles. The number of rotatable bonds is 7. The van der Waals surface area contributed by atoms with Gasteiger partial charge in [0.05, 0.1) is 30.2 Å². The van der Waals surface area contributed by atoms with E-state index < -0.39 is 85.3 Å². The minimum Gasteiger partial charge on any atom is -0.508 e. The second-order valence-corrected chi connectivity index (χ2v) is 12.7. The Morgan fingerprint density at radius 1 is 0.673 bits per heavy atom. The Labute approximate surface area is 291 Å². The van der Waals surface area contributed by atoms with Crippen molar-refractivity contribution in [2.45, 2.75) is 68.3 Å². The maximum absolute atomic E-state index is 11.1. The molecule has 5 aromatic rings. The second kappa shape index (κ2) is 13.6. The zero-order chi connectivity index (χ0) is 37.2. The lowest BCUT2D eigenvalue weighted by molar-refractivity contribution is -0.318. The number of benzene rings is 3. The van der Waals surface area contributed by atoms with Gasteiger partial charge in [0.2, 0.25) is 6.29 Å². The van der Waals surface area contributed by atoms with Gasteiger partial charge in [-0.3, -0.25) is 4.79 Å². The molecule has 2 aliphatic rings. The normalized spacial score (nSPS) is 29.4. The maximum Gasteiger partial charge on any atom is 0.347 e. The third-order valence-corrected chi connectivity index (χ3v) is 9.10. The van der Waals surface area contributed by atoms with Crippen LogP contribution >= 0.6 is 0 Å². The predicted octanol–water partition coefficient (Wildman–Crippen LogP) is 0.370. The van der Waals surface area contributed by atoms with Crippen LogP contribution < -0.4 is 10.2 Å². The molecule has 0 bridgehead atoms. The number of hydrogen-bond donors (Lipinski definition) is 10. The summed E-state index contributed by atoms with van der Waals surface area (Å²) in [7, 11) is 0. The van der Waals surface area contributed by atoms with Gasteiger partial charge in [0.25, 0.3) is 0 Å². The third-order valence-electron chi connectivity index (χ3n) is 9.10. The molecule has 0 amide bonds. The highest BCUT2D eigenvalue weighted by Crippen LogP contribution is 2.47. The van der Waals surface area contributed by atoms with Gasteiger partial charge in [-0.2, -0.15) is 0 Å². The van der Waals surface area contributed by atoms with Gasteiger partial charge in [0, 0.05) is 16.5 Å². The van der Waals surface area contributed by atoms with Gasteiger partial charge < -0.3 is 78.8 Å². The van der Waals surface area contributed by atoms with Crippen LogP contribution in [0, 0.1) is 0 Å². The van der Waals surface area contributed by atoms with Gasteiger partial charge in [-0.15, -0.1) is 0 Å². The lowest BCUT2D eigenvalue weighted by Gasteiger charge is -2.42. The largest absolute Gasteiger partial charge is 0.508 e. The van der Waals surface area contributed by atoms with Gasteiger partial charge in [0.1, 0.15) is 65.4 Å². The highest BCUT2D eigenvalue weighted by Gasteiger charge is 2.48. The summed E-state index contributed by atoms with van der Waals surface area (Å²) in [6.07, 6.45) is -15.9. The van der Waals surface area contributed by atoms with Crippen LogP contribution in [0.1, 0.15) is 6.92 Å². The molecule has 2 aromatic heterocycles. The average Bonchev–Trinajstić information content (AvgIpc) is 3.11. The zero-order valence-electron chi connectivity index (χ0n) is 27.0. The highest BCUT2D eigenvalue weighted by atomic mass is 16.7. The summed E-state index contributed by atoms with van der Waals surface area (Å²) < 4.78 is 35.4. The fourth-order valence-electron chi connectivity index (χ4n) is 6.23. The summed E-state index contributed by atoms with van der Waals surface area (Å²) in [5, 5.41) is 105. The molecule has 10 atom stereocenters. The van der Waals surface area contributed by atoms with Crippen LogP contribution in [-0.2, 0) is 14.2 Å². The van der Waals surface area contributed by atoms with E-state index in [2.05, 4.69) is 0 Å². The van der Waals surface area contributed by atoms with Crippen LogP contribution in [0.2, 0.25) is 0 Å². The topological polar surface area (TPSA) is 287 Å². The van der Waals surface area contributed by atoms with Gasteiger partial charge >= 0.3 is 5.43 Å². The molecule has 17 nitrogen and oxygen atoms in total. The van der Waals surface area contributed by atoms with Crippen LogP contribution in [0.3, 0.4) is 0 Å². The van der Waals surface area contributed by atoms with Gasteiger partial charge in [-0.1, -0.05) is 0 Å². The van der Waals surface area contributed by atoms with Crippen LogP contribution in [0.5, 0.6) is 28.7 Å². The molecule has 11 N–H and O–H groups in total. The fourth-order valence-corrected chi connectivity index (χ4v) is 6.23. The monoisotopic (exact) mass is 727 g/mol. The van der Waals surface area contributed by atoms with E-state index in [-0.39, 0.29) is 56.0 Å². The Balaban J connectivity index is 1.34. The van der Waals surface area contributed by atoms with Crippen LogP contribution in [0.25, 0.3) is 44.6 Å². The first-order chi connectivity index (χ1) is 24.7. The predicted molar refractivity (Wildman–Crippen MR) is 174 cm³/mol. The van der Waals surface area contributed by atoms with E-state index in [4.69, 9.17) is 27.8 Å². The highest BCUT2D eigenvalue weighted by molar-refractivity contribution is 6.10. The molecular weight excluding hydrogens is 692 g/mol. The molecule has 0 unspecified atom stereocenters. The van der Waals surface area contributed by atoms with Crippen molar-refractivity contribution in [2.24, 2.45) is 0 Å². The SMILES string of the molecule is C[C@@H]1O[C@@H](OC[C@H]2O[C@@H](Oc3c(-c4cc(O)c(O)c(O)c4)oc4cc(=[OH+])cc5oc(-c6ccc(O)cc6)cc3c54)[C@H](O)[C@@H](O)[C@@H]2O)[C@H](O)[C@H](O)[C@H]1O. The molecule has 0 saturated carbocycles. The number of phenols is 4. The van der Waals surface area contributed by atoms with Crippen molar-refractivity contribution in [2.75, 3.05) is 6.61 Å². The Kier molecular flexibility index (Phi) is 9.24. The summed E-state index contributed by atoms with van der Waals surface area (Å²) in [5.41, 5.74) is 0.249. The van der Waals surface area contributed by atoms with Crippen molar-refractivity contribution in [3.05, 3.63) is 60.0 Å². The first-order valence-corrected chi connectivity index (χ1v) is 16.0. The molecule has 276 valence electrons. The van der Waals surface area contributed by atoms with Gasteiger partial charge in [-0.05, 0) is 49.4 Å². The summed E-state index contributed by atoms with van der Waals surface area (Å²) in [6, 6.07) is 12.1. The molecule has 2 fully saturated rings. The van der Waals surface area contributed by atoms with Crippen molar-refractivity contribution < 1.29 is 83.6 Å². The molecule has 17 heteroatoms. The zero-order valence-corrected chi connectivity index (χ0v) is 27.0. The molecule has 2 aliphatic heterocycles. The van der Waals surface area contributed by atoms with E-state index in [1.54, 1.807) is 12.1 Å². The molecule has 0 spiro atoms. The molecule has 0 aliphatic carbocycles. The number of aliphatic hydroxyl groups excluding tert-OH is 6. The molecule has 2 saturated heterocycles. The molecule has 52 heavy (non-hydrogen) atoms. The molecule has 0 radical (unpaired) electrons. The van der Waals surface area contributed by atoms with E-state index in [9.17, 15) is 55.9 Å². The Morgan fingerprint density at radius 2 is 1.29 bits per heavy atom. The van der Waals surface area contributed by atoms with Crippen molar-refractivity contribution in [3.8, 4) is 51.4 Å².